The lowest BCUT2D eigenvalue weighted by Crippen LogP contribution is -2.43. The standard InChI is InChI=1S/C32H29ClF3N7O3S/c1-41-7-8-43-16(9-20(41)44)13-45-27-23-26(39-31(40-30(23)43)46-14-32-5-2-6-42(32)12-15(34)10-32)25(36)22(24(27)33)17-3-4-19(35)28-21(17)18(11-37)29(38)47-28/h3-4,15-16H,2,5-10,12-14,38H2,1H3/t15-,16?,32+/m1/s1. The van der Waals surface area contributed by atoms with Gasteiger partial charge in [-0.3, -0.25) is 9.69 Å². The number of nitrogen functional groups attached to an aromatic ring is 1. The average Bonchev–Trinajstić information content (AvgIpc) is 3.62. The molecule has 4 aliphatic rings. The Balaban J connectivity index is 1.35. The summed E-state index contributed by atoms with van der Waals surface area (Å²) in [6.45, 7) is 2.03. The van der Waals surface area contributed by atoms with Crippen molar-refractivity contribution in [1.82, 2.24) is 19.8 Å². The quantitative estimate of drug-likeness (QED) is 0.306. The van der Waals surface area contributed by atoms with E-state index in [4.69, 9.17) is 31.8 Å². The number of carbonyl (C=O) groups excluding carboxylic acids is 1. The number of nitriles is 1. The van der Waals surface area contributed by atoms with Crippen LogP contribution < -0.4 is 20.1 Å². The number of hydrogen-bond donors (Lipinski definition) is 1. The van der Waals surface area contributed by atoms with Gasteiger partial charge in [-0.15, -0.1) is 11.3 Å². The first-order chi connectivity index (χ1) is 22.6. The first kappa shape index (κ1) is 30.3. The lowest BCUT2D eigenvalue weighted by Gasteiger charge is -2.31. The van der Waals surface area contributed by atoms with Gasteiger partial charge in [-0.25, -0.2) is 13.2 Å². The highest BCUT2D eigenvalue weighted by molar-refractivity contribution is 7.23. The minimum Gasteiger partial charge on any atom is -0.489 e. The molecule has 3 fully saturated rings. The predicted octanol–water partition coefficient (Wildman–Crippen LogP) is 5.28. The highest BCUT2D eigenvalue weighted by Gasteiger charge is 2.49. The van der Waals surface area contributed by atoms with E-state index in [0.29, 0.717) is 31.9 Å². The molecule has 15 heteroatoms. The van der Waals surface area contributed by atoms with E-state index in [1.807, 2.05) is 11.0 Å². The summed E-state index contributed by atoms with van der Waals surface area (Å²) in [7, 11) is 1.72. The van der Waals surface area contributed by atoms with E-state index in [-0.39, 0.29) is 85.0 Å². The van der Waals surface area contributed by atoms with Crippen LogP contribution in [-0.4, -0.2) is 89.9 Å². The van der Waals surface area contributed by atoms with Crippen LogP contribution in [0.3, 0.4) is 0 Å². The molecule has 244 valence electrons. The van der Waals surface area contributed by atoms with Crippen molar-refractivity contribution < 1.29 is 27.4 Å². The van der Waals surface area contributed by atoms with Crippen LogP contribution in [0.4, 0.5) is 24.0 Å². The first-order valence-electron chi connectivity index (χ1n) is 15.4. The average molecular weight is 684 g/mol. The third kappa shape index (κ3) is 4.57. The molecule has 47 heavy (non-hydrogen) atoms. The number of likely N-dealkylation sites (N-methyl/N-ethyl adjacent to an activating group) is 1. The number of ether oxygens (including phenoxy) is 2. The van der Waals surface area contributed by atoms with Gasteiger partial charge in [-0.2, -0.15) is 15.2 Å². The van der Waals surface area contributed by atoms with Gasteiger partial charge < -0.3 is 25.0 Å². The van der Waals surface area contributed by atoms with Gasteiger partial charge >= 0.3 is 6.01 Å². The van der Waals surface area contributed by atoms with Gasteiger partial charge in [0.15, 0.2) is 11.6 Å². The minimum absolute atomic E-state index is 0.00775. The maximum absolute atomic E-state index is 17.1. The van der Waals surface area contributed by atoms with E-state index in [0.717, 1.165) is 30.7 Å². The topological polar surface area (TPSA) is 121 Å². The number of benzene rings is 2. The summed E-state index contributed by atoms with van der Waals surface area (Å²) in [5, 5.41) is 10.2. The van der Waals surface area contributed by atoms with Crippen LogP contribution in [0.25, 0.3) is 32.1 Å². The minimum atomic E-state index is -0.965. The van der Waals surface area contributed by atoms with Crippen molar-refractivity contribution in [3.63, 3.8) is 0 Å². The molecule has 3 atom stereocenters. The van der Waals surface area contributed by atoms with E-state index >= 15 is 4.39 Å². The molecule has 10 nitrogen and oxygen atoms in total. The molecule has 0 saturated carbocycles. The van der Waals surface area contributed by atoms with Crippen molar-refractivity contribution in [3.8, 4) is 29.0 Å². The Bertz CT molecular complexity index is 2040. The van der Waals surface area contributed by atoms with Crippen LogP contribution in [0.1, 0.15) is 31.2 Å². The summed E-state index contributed by atoms with van der Waals surface area (Å²) in [4.78, 5) is 27.9. The summed E-state index contributed by atoms with van der Waals surface area (Å²) < 4.78 is 59.2. The van der Waals surface area contributed by atoms with Crippen LogP contribution in [0.15, 0.2) is 12.1 Å². The number of hydrogen-bond acceptors (Lipinski definition) is 10. The summed E-state index contributed by atoms with van der Waals surface area (Å²) in [5.41, 5.74) is 5.43. The Morgan fingerprint density at radius 3 is 2.89 bits per heavy atom. The van der Waals surface area contributed by atoms with Gasteiger partial charge in [0.05, 0.1) is 38.7 Å². The molecule has 4 aromatic rings. The van der Waals surface area contributed by atoms with Gasteiger partial charge in [0.2, 0.25) is 5.91 Å². The number of alkyl halides is 1. The highest BCUT2D eigenvalue weighted by Crippen LogP contribution is 2.51. The van der Waals surface area contributed by atoms with Crippen molar-refractivity contribution in [2.24, 2.45) is 0 Å². The Hall–Kier alpha value is -4.06. The first-order valence-corrected chi connectivity index (χ1v) is 16.6. The Kier molecular flexibility index (Phi) is 7.09. The third-order valence-electron chi connectivity index (χ3n) is 10.0. The molecule has 1 unspecified atom stereocenters. The predicted molar refractivity (Wildman–Crippen MR) is 172 cm³/mol. The summed E-state index contributed by atoms with van der Waals surface area (Å²) >= 11 is 7.89. The van der Waals surface area contributed by atoms with Crippen LogP contribution in [0.5, 0.6) is 11.8 Å². The highest BCUT2D eigenvalue weighted by atomic mass is 35.5. The zero-order valence-corrected chi connectivity index (χ0v) is 26.9. The molecule has 0 spiro atoms. The van der Waals surface area contributed by atoms with Crippen LogP contribution in [0.2, 0.25) is 5.02 Å². The molecule has 3 saturated heterocycles. The van der Waals surface area contributed by atoms with E-state index in [2.05, 4.69) is 9.88 Å². The monoisotopic (exact) mass is 683 g/mol. The third-order valence-corrected chi connectivity index (χ3v) is 11.4. The van der Waals surface area contributed by atoms with Gasteiger partial charge in [0.1, 0.15) is 47.6 Å². The van der Waals surface area contributed by atoms with Gasteiger partial charge in [0, 0.05) is 44.1 Å². The molecular weight excluding hydrogens is 655 g/mol. The summed E-state index contributed by atoms with van der Waals surface area (Å²) in [5.74, 6) is -1.14. The van der Waals surface area contributed by atoms with Gasteiger partial charge in [-0.05, 0) is 31.0 Å². The molecule has 2 aromatic heterocycles. The van der Waals surface area contributed by atoms with E-state index in [9.17, 15) is 18.8 Å². The lowest BCUT2D eigenvalue weighted by atomic mass is 9.95. The fourth-order valence-corrected chi connectivity index (χ4v) is 8.96. The fourth-order valence-electron chi connectivity index (χ4n) is 7.68. The number of fused-ring (bicyclic) bond motifs is 4. The number of thiophene rings is 1. The SMILES string of the molecule is CN1CCN2c3nc(OC[C@@]45CCCN4C[C@H](F)C5)nc4c(F)c(-c5ccc(F)c6sc(N)c(C#N)c56)c(Cl)c(c34)OCC2CC1=O. The number of nitrogens with two attached hydrogens (primary N) is 1. The largest absolute Gasteiger partial charge is 0.489 e. The molecule has 0 aliphatic carbocycles. The number of halogens is 4. The number of rotatable bonds is 4. The lowest BCUT2D eigenvalue weighted by molar-refractivity contribution is -0.129. The number of nitrogens with zero attached hydrogens (tertiary/aromatic N) is 6. The molecular formula is C32H29ClF3N7O3S. The Morgan fingerprint density at radius 1 is 1.26 bits per heavy atom. The maximum atomic E-state index is 17.1. The van der Waals surface area contributed by atoms with Crippen molar-refractivity contribution in [2.75, 3.05) is 57.1 Å². The number of carbonyl (C=O) groups is 1. The molecule has 6 heterocycles. The van der Waals surface area contributed by atoms with E-state index < -0.39 is 29.4 Å². The second-order valence-corrected chi connectivity index (χ2v) is 14.1. The molecule has 0 bridgehead atoms. The number of anilines is 2. The zero-order valence-electron chi connectivity index (χ0n) is 25.3. The van der Waals surface area contributed by atoms with Crippen molar-refractivity contribution >= 4 is 60.7 Å². The summed E-state index contributed by atoms with van der Waals surface area (Å²) in [6, 6.07) is 3.97. The van der Waals surface area contributed by atoms with E-state index in [1.165, 1.54) is 12.1 Å². The van der Waals surface area contributed by atoms with E-state index in [1.54, 1.807) is 11.9 Å². The van der Waals surface area contributed by atoms with Crippen LogP contribution in [-0.2, 0) is 4.79 Å². The van der Waals surface area contributed by atoms with Crippen molar-refractivity contribution in [2.45, 2.75) is 43.4 Å². The number of amides is 1. The second kappa shape index (κ2) is 11.0. The fraction of sp³-hybridized carbons (Fsp3) is 0.438. The van der Waals surface area contributed by atoms with Gasteiger partial charge in [0.25, 0.3) is 0 Å². The van der Waals surface area contributed by atoms with Crippen LogP contribution >= 0.6 is 22.9 Å². The van der Waals surface area contributed by atoms with Crippen molar-refractivity contribution in [1.29, 1.82) is 5.26 Å². The molecule has 2 aromatic carbocycles. The molecule has 0 radical (unpaired) electrons. The Morgan fingerprint density at radius 2 is 2.09 bits per heavy atom. The maximum Gasteiger partial charge on any atom is 0.319 e. The normalized spacial score (nSPS) is 24.2. The second-order valence-electron chi connectivity index (χ2n) is 12.7. The van der Waals surface area contributed by atoms with Crippen LogP contribution in [0, 0.1) is 23.0 Å². The molecule has 2 N–H and O–H groups in total. The summed E-state index contributed by atoms with van der Waals surface area (Å²) in [6.07, 6.45) is 1.15. The van der Waals surface area contributed by atoms with Crippen molar-refractivity contribution in [3.05, 3.63) is 34.4 Å². The zero-order chi connectivity index (χ0) is 32.8. The Labute approximate surface area is 276 Å². The molecule has 8 rings (SSSR count). The van der Waals surface area contributed by atoms with Gasteiger partial charge in [-0.1, -0.05) is 17.7 Å². The molecule has 1 amide bonds. The molecule has 4 aliphatic heterocycles. The number of aromatic nitrogens is 2. The smallest absolute Gasteiger partial charge is 0.319 e.